The number of urea groups is 1. The van der Waals surface area contributed by atoms with Crippen molar-refractivity contribution >= 4 is 55.6 Å². The molecule has 3 heterocycles. The molecule has 3 aromatic heterocycles. The van der Waals surface area contributed by atoms with Gasteiger partial charge >= 0.3 is 6.03 Å². The van der Waals surface area contributed by atoms with Crippen LogP contribution in [0.3, 0.4) is 0 Å². The molecule has 0 fully saturated rings. The maximum Gasteiger partial charge on any atom is 0.319 e. The molecule has 0 saturated carbocycles. The predicted molar refractivity (Wildman–Crippen MR) is 120 cm³/mol. The Balaban J connectivity index is 1.71. The fourth-order valence-corrected chi connectivity index (χ4v) is 3.58. The van der Waals surface area contributed by atoms with Crippen LogP contribution in [0.5, 0.6) is 0 Å². The lowest BCUT2D eigenvalue weighted by Gasteiger charge is -2.20. The van der Waals surface area contributed by atoms with E-state index < -0.39 is 0 Å². The van der Waals surface area contributed by atoms with E-state index in [1.54, 1.807) is 12.4 Å². The topological polar surface area (TPSA) is 92.7 Å². The molecule has 0 aliphatic rings. The average Bonchev–Trinajstić information content (AvgIpc) is 2.71. The maximum absolute atomic E-state index is 12.2. The number of aromatic nitrogens is 4. The lowest BCUT2D eigenvalue weighted by Crippen LogP contribution is -2.43. The minimum Gasteiger partial charge on any atom is -0.333 e. The van der Waals surface area contributed by atoms with Crippen LogP contribution in [0.1, 0.15) is 20.8 Å². The molecule has 0 unspecified atom stereocenters. The Morgan fingerprint density at radius 3 is 2.00 bits per heavy atom. The number of hydrogen-bond acceptors (Lipinski definition) is 5. The van der Waals surface area contributed by atoms with Crippen molar-refractivity contribution in [2.45, 2.75) is 26.3 Å². The third-order valence-electron chi connectivity index (χ3n) is 4.76. The Labute approximate surface area is 172 Å². The van der Waals surface area contributed by atoms with Gasteiger partial charge in [-0.15, -0.1) is 0 Å². The van der Waals surface area contributed by atoms with Gasteiger partial charge < -0.3 is 10.6 Å². The molecule has 5 rings (SSSR count). The molecule has 0 atom stereocenters. The zero-order chi connectivity index (χ0) is 20.9. The third-order valence-corrected chi connectivity index (χ3v) is 4.76. The summed E-state index contributed by atoms with van der Waals surface area (Å²) >= 11 is 0. The van der Waals surface area contributed by atoms with Gasteiger partial charge in [-0.2, -0.15) is 0 Å². The van der Waals surface area contributed by atoms with E-state index in [4.69, 9.17) is 9.97 Å². The fourth-order valence-electron chi connectivity index (χ4n) is 3.58. The molecule has 0 radical (unpaired) electrons. The predicted octanol–water partition coefficient (Wildman–Crippen LogP) is 4.80. The molecule has 0 aliphatic heterocycles. The first kappa shape index (κ1) is 18.2. The summed E-state index contributed by atoms with van der Waals surface area (Å²) in [4.78, 5) is 31.1. The molecule has 5 aromatic rings. The van der Waals surface area contributed by atoms with Gasteiger partial charge in [-0.3, -0.25) is 9.97 Å². The van der Waals surface area contributed by atoms with E-state index >= 15 is 0 Å². The molecule has 0 aliphatic carbocycles. The Kier molecular flexibility index (Phi) is 3.99. The summed E-state index contributed by atoms with van der Waals surface area (Å²) in [5.41, 5.74) is 4.95. The number of pyridine rings is 2. The van der Waals surface area contributed by atoms with Crippen molar-refractivity contribution < 1.29 is 4.79 Å². The third kappa shape index (κ3) is 3.14. The second kappa shape index (κ2) is 6.59. The van der Waals surface area contributed by atoms with Crippen LogP contribution in [-0.4, -0.2) is 31.5 Å². The summed E-state index contributed by atoms with van der Waals surface area (Å²) in [5.74, 6) is 0. The maximum atomic E-state index is 12.2. The largest absolute Gasteiger partial charge is 0.333 e. The van der Waals surface area contributed by atoms with Crippen molar-refractivity contribution in [2.24, 2.45) is 0 Å². The van der Waals surface area contributed by atoms with Gasteiger partial charge in [0.25, 0.3) is 0 Å². The number of fused-ring (bicyclic) bond motifs is 7. The number of nitrogens with zero attached hydrogens (tertiary/aromatic N) is 4. The van der Waals surface area contributed by atoms with Gasteiger partial charge in [0, 0.05) is 34.4 Å². The van der Waals surface area contributed by atoms with Gasteiger partial charge in [-0.1, -0.05) is 0 Å². The summed E-state index contributed by atoms with van der Waals surface area (Å²) in [7, 11) is 0. The number of carbonyl (C=O) groups excluding carboxylic acids is 1. The van der Waals surface area contributed by atoms with Crippen molar-refractivity contribution in [3.05, 3.63) is 54.9 Å². The smallest absolute Gasteiger partial charge is 0.319 e. The van der Waals surface area contributed by atoms with E-state index in [1.165, 1.54) is 0 Å². The average molecular weight is 396 g/mol. The first-order chi connectivity index (χ1) is 14.4. The number of amides is 2. The van der Waals surface area contributed by atoms with Crippen molar-refractivity contribution in [1.82, 2.24) is 25.3 Å². The van der Waals surface area contributed by atoms with Gasteiger partial charge in [-0.25, -0.2) is 14.8 Å². The van der Waals surface area contributed by atoms with E-state index in [0.717, 1.165) is 38.4 Å². The van der Waals surface area contributed by atoms with E-state index in [-0.39, 0.29) is 11.6 Å². The minimum atomic E-state index is -0.321. The van der Waals surface area contributed by atoms with Crippen molar-refractivity contribution in [3.63, 3.8) is 0 Å². The van der Waals surface area contributed by atoms with Crippen LogP contribution in [-0.2, 0) is 0 Å². The molecule has 0 bridgehead atoms. The van der Waals surface area contributed by atoms with Crippen molar-refractivity contribution in [2.75, 3.05) is 5.32 Å². The Morgan fingerprint density at radius 1 is 0.800 bits per heavy atom. The number of benzene rings is 2. The Morgan fingerprint density at radius 2 is 1.40 bits per heavy atom. The molecular formula is C23H20N6O. The normalized spacial score (nSPS) is 12.0. The lowest BCUT2D eigenvalue weighted by atomic mass is 10.1. The summed E-state index contributed by atoms with van der Waals surface area (Å²) in [6, 6.07) is 13.0. The van der Waals surface area contributed by atoms with Crippen LogP contribution >= 0.6 is 0 Å². The zero-order valence-corrected chi connectivity index (χ0v) is 16.9. The molecule has 7 nitrogen and oxygen atoms in total. The molecule has 0 saturated heterocycles. The van der Waals surface area contributed by atoms with E-state index in [9.17, 15) is 4.79 Å². The SMILES string of the molecule is CC(C)(C)NC(=O)Nc1ccc2nc3c4cccnc4c4ncccc4c3nc2c1. The van der Waals surface area contributed by atoms with Crippen LogP contribution in [0.2, 0.25) is 0 Å². The van der Waals surface area contributed by atoms with Crippen LogP contribution in [0.15, 0.2) is 54.9 Å². The number of rotatable bonds is 1. The molecule has 2 aromatic carbocycles. The molecule has 2 amide bonds. The number of nitrogens with one attached hydrogen (secondary N) is 2. The van der Waals surface area contributed by atoms with Gasteiger partial charge in [-0.05, 0) is 63.2 Å². The summed E-state index contributed by atoms with van der Waals surface area (Å²) in [6.45, 7) is 5.80. The van der Waals surface area contributed by atoms with Gasteiger partial charge in [0.15, 0.2) is 0 Å². The zero-order valence-electron chi connectivity index (χ0n) is 16.9. The van der Waals surface area contributed by atoms with E-state index in [1.807, 2.05) is 63.2 Å². The number of carbonyl (C=O) groups is 1. The molecule has 7 heteroatoms. The highest BCUT2D eigenvalue weighted by Gasteiger charge is 2.15. The summed E-state index contributed by atoms with van der Waals surface area (Å²) in [5, 5.41) is 7.57. The highest BCUT2D eigenvalue weighted by Crippen LogP contribution is 2.32. The van der Waals surface area contributed by atoms with E-state index in [2.05, 4.69) is 20.6 Å². The van der Waals surface area contributed by atoms with Crippen molar-refractivity contribution in [3.8, 4) is 0 Å². The highest BCUT2D eigenvalue weighted by molar-refractivity contribution is 6.21. The first-order valence-corrected chi connectivity index (χ1v) is 9.71. The van der Waals surface area contributed by atoms with Crippen LogP contribution < -0.4 is 10.6 Å². The van der Waals surface area contributed by atoms with Crippen LogP contribution in [0.25, 0.3) is 43.9 Å². The Bertz CT molecular complexity index is 1460. The molecule has 2 N–H and O–H groups in total. The van der Waals surface area contributed by atoms with Gasteiger partial charge in [0.05, 0.1) is 33.1 Å². The molecule has 30 heavy (non-hydrogen) atoms. The highest BCUT2D eigenvalue weighted by atomic mass is 16.2. The van der Waals surface area contributed by atoms with Gasteiger partial charge in [0.1, 0.15) is 0 Å². The molecular weight excluding hydrogens is 376 g/mol. The van der Waals surface area contributed by atoms with Gasteiger partial charge in [0.2, 0.25) is 0 Å². The quantitative estimate of drug-likeness (QED) is 0.314. The Hall–Kier alpha value is -3.87. The van der Waals surface area contributed by atoms with Crippen LogP contribution in [0, 0.1) is 0 Å². The van der Waals surface area contributed by atoms with Crippen LogP contribution in [0.4, 0.5) is 10.5 Å². The van der Waals surface area contributed by atoms with Crippen molar-refractivity contribution in [1.29, 1.82) is 0 Å². The minimum absolute atomic E-state index is 0.262. The fraction of sp³-hybridized carbons (Fsp3) is 0.174. The monoisotopic (exact) mass is 396 g/mol. The molecule has 0 spiro atoms. The second-order valence-corrected chi connectivity index (χ2v) is 8.25. The lowest BCUT2D eigenvalue weighted by molar-refractivity contribution is 0.244. The van der Waals surface area contributed by atoms with E-state index in [0.29, 0.717) is 11.2 Å². The first-order valence-electron chi connectivity index (χ1n) is 9.71. The summed E-state index contributed by atoms with van der Waals surface area (Å²) < 4.78 is 0. The molecule has 148 valence electrons. The number of anilines is 1. The standard InChI is InChI=1S/C23H20N6O/c1-23(2,3)29-22(30)26-13-8-9-16-17(12-13)28-21-15-7-5-11-25-19(15)18-14(20(21)27-16)6-4-10-24-18/h4-12H,1-3H3,(H2,26,29,30). The number of hydrogen-bond donors (Lipinski definition) is 2. The second-order valence-electron chi connectivity index (χ2n) is 8.25. The summed E-state index contributed by atoms with van der Waals surface area (Å²) in [6.07, 6.45) is 3.52.